The zero-order chi connectivity index (χ0) is 21.2. The normalized spacial score (nSPS) is 20.2. The van der Waals surface area contributed by atoms with Crippen LogP contribution in [0.3, 0.4) is 0 Å². The number of likely N-dealkylation sites (tertiary alicyclic amines) is 1. The number of carbonyl (C=O) groups is 2. The van der Waals surface area contributed by atoms with Crippen molar-refractivity contribution in [1.82, 2.24) is 9.80 Å². The van der Waals surface area contributed by atoms with Gasteiger partial charge < -0.3 is 9.80 Å². The fraction of sp³-hybridized carbons (Fsp3) is 0.652. The van der Waals surface area contributed by atoms with Gasteiger partial charge in [0.2, 0.25) is 5.91 Å². The summed E-state index contributed by atoms with van der Waals surface area (Å²) in [6.07, 6.45) is 3.40. The highest BCUT2D eigenvalue weighted by Gasteiger charge is 2.47. The first-order valence-corrected chi connectivity index (χ1v) is 12.4. The molecule has 1 aromatic rings. The number of nitrogens with zero attached hydrogens (tertiary/aromatic N) is 2. The van der Waals surface area contributed by atoms with Crippen LogP contribution in [-0.4, -0.2) is 51.9 Å². The SMILES string of the molecule is CC(CC(=O)N1CCC2(CC1)SCCN2C(=O)c1ccc(Br)cc1)CC(C)(C)C. The van der Waals surface area contributed by atoms with Crippen LogP contribution in [-0.2, 0) is 4.79 Å². The van der Waals surface area contributed by atoms with E-state index in [1.54, 1.807) is 0 Å². The molecule has 2 aliphatic rings. The van der Waals surface area contributed by atoms with Gasteiger partial charge in [-0.25, -0.2) is 0 Å². The summed E-state index contributed by atoms with van der Waals surface area (Å²) in [5, 5.41) is 0. The largest absolute Gasteiger partial charge is 0.342 e. The molecule has 6 heteroatoms. The van der Waals surface area contributed by atoms with E-state index >= 15 is 0 Å². The topological polar surface area (TPSA) is 40.6 Å². The van der Waals surface area contributed by atoms with Gasteiger partial charge in [-0.05, 0) is 54.9 Å². The van der Waals surface area contributed by atoms with E-state index in [1.165, 1.54) is 0 Å². The molecule has 2 saturated heterocycles. The summed E-state index contributed by atoms with van der Waals surface area (Å²) in [5.41, 5.74) is 0.990. The van der Waals surface area contributed by atoms with Gasteiger partial charge in [0, 0.05) is 41.8 Å². The Balaban J connectivity index is 1.60. The quantitative estimate of drug-likeness (QED) is 0.577. The van der Waals surface area contributed by atoms with Crippen LogP contribution in [0.2, 0.25) is 0 Å². The lowest BCUT2D eigenvalue weighted by Crippen LogP contribution is -2.53. The fourth-order valence-corrected chi connectivity index (χ4v) is 6.43. The van der Waals surface area contributed by atoms with Gasteiger partial charge in [0.25, 0.3) is 5.91 Å². The predicted molar refractivity (Wildman–Crippen MR) is 124 cm³/mol. The van der Waals surface area contributed by atoms with E-state index < -0.39 is 0 Å². The summed E-state index contributed by atoms with van der Waals surface area (Å²) in [4.78, 5) is 29.9. The summed E-state index contributed by atoms with van der Waals surface area (Å²) < 4.78 is 0.979. The Kier molecular flexibility index (Phi) is 7.04. The maximum Gasteiger partial charge on any atom is 0.254 e. The monoisotopic (exact) mass is 480 g/mol. The Bertz CT molecular complexity index is 736. The van der Waals surface area contributed by atoms with Crippen LogP contribution in [0.4, 0.5) is 0 Å². The van der Waals surface area contributed by atoms with Crippen molar-refractivity contribution in [3.8, 4) is 0 Å². The van der Waals surface area contributed by atoms with Gasteiger partial charge >= 0.3 is 0 Å². The number of piperidine rings is 1. The Morgan fingerprint density at radius 1 is 1.14 bits per heavy atom. The molecule has 2 amide bonds. The maximum atomic E-state index is 13.1. The summed E-state index contributed by atoms with van der Waals surface area (Å²) in [6.45, 7) is 11.2. The number of amides is 2. The first-order valence-electron chi connectivity index (χ1n) is 10.6. The molecule has 2 heterocycles. The second-order valence-corrected chi connectivity index (χ2v) is 12.1. The molecule has 0 radical (unpaired) electrons. The van der Waals surface area contributed by atoms with Crippen LogP contribution in [0.25, 0.3) is 0 Å². The van der Waals surface area contributed by atoms with Crippen LogP contribution < -0.4 is 0 Å². The van der Waals surface area contributed by atoms with E-state index in [0.29, 0.717) is 12.3 Å². The van der Waals surface area contributed by atoms with Crippen molar-refractivity contribution < 1.29 is 9.59 Å². The molecule has 3 rings (SSSR count). The van der Waals surface area contributed by atoms with Gasteiger partial charge in [0.1, 0.15) is 0 Å². The number of thioether (sulfide) groups is 1. The maximum absolute atomic E-state index is 13.1. The van der Waals surface area contributed by atoms with E-state index in [4.69, 9.17) is 0 Å². The predicted octanol–water partition coefficient (Wildman–Crippen LogP) is 5.42. The minimum absolute atomic E-state index is 0.112. The molecule has 1 unspecified atom stereocenters. The molecule has 1 spiro atoms. The highest BCUT2D eigenvalue weighted by Crippen LogP contribution is 2.44. The molecule has 2 aliphatic heterocycles. The van der Waals surface area contributed by atoms with E-state index in [0.717, 1.165) is 54.7 Å². The molecule has 2 fully saturated rings. The molecule has 1 atom stereocenters. The fourth-order valence-electron chi connectivity index (χ4n) is 4.71. The molecular formula is C23H33BrN2O2S. The van der Waals surface area contributed by atoms with E-state index in [9.17, 15) is 9.59 Å². The van der Waals surface area contributed by atoms with Crippen molar-refractivity contribution >= 4 is 39.5 Å². The van der Waals surface area contributed by atoms with Crippen LogP contribution in [0.15, 0.2) is 28.7 Å². The summed E-state index contributed by atoms with van der Waals surface area (Å²) in [5.74, 6) is 1.75. The molecule has 29 heavy (non-hydrogen) atoms. The van der Waals surface area contributed by atoms with E-state index in [-0.39, 0.29) is 22.1 Å². The van der Waals surface area contributed by atoms with Crippen molar-refractivity contribution in [2.75, 3.05) is 25.4 Å². The zero-order valence-electron chi connectivity index (χ0n) is 18.0. The molecule has 0 aromatic heterocycles. The minimum Gasteiger partial charge on any atom is -0.342 e. The lowest BCUT2D eigenvalue weighted by atomic mass is 9.84. The van der Waals surface area contributed by atoms with E-state index in [1.807, 2.05) is 40.9 Å². The molecule has 0 N–H and O–H groups in total. The smallest absolute Gasteiger partial charge is 0.254 e. The van der Waals surface area contributed by atoms with E-state index in [2.05, 4.69) is 48.5 Å². The number of hydrogen-bond acceptors (Lipinski definition) is 3. The first kappa shape index (κ1) is 22.7. The lowest BCUT2D eigenvalue weighted by Gasteiger charge is -2.44. The number of rotatable bonds is 4. The van der Waals surface area contributed by atoms with Gasteiger partial charge in [-0.3, -0.25) is 9.59 Å². The van der Waals surface area contributed by atoms with Crippen LogP contribution in [0.5, 0.6) is 0 Å². The Labute approximate surface area is 187 Å². The second kappa shape index (κ2) is 9.01. The second-order valence-electron chi connectivity index (χ2n) is 9.71. The Hall–Kier alpha value is -1.01. The minimum atomic E-state index is -0.155. The number of halogens is 1. The third-order valence-corrected chi connectivity index (χ3v) is 7.98. The van der Waals surface area contributed by atoms with Gasteiger partial charge in [0.05, 0.1) is 4.87 Å². The first-order chi connectivity index (χ1) is 13.6. The van der Waals surface area contributed by atoms with Gasteiger partial charge in [-0.1, -0.05) is 43.6 Å². The van der Waals surface area contributed by atoms with Crippen molar-refractivity contribution in [3.05, 3.63) is 34.3 Å². The molecule has 0 aliphatic carbocycles. The Morgan fingerprint density at radius 2 is 1.76 bits per heavy atom. The van der Waals surface area contributed by atoms with Crippen molar-refractivity contribution in [2.45, 2.75) is 58.2 Å². The number of carbonyl (C=O) groups excluding carboxylic acids is 2. The lowest BCUT2D eigenvalue weighted by molar-refractivity contribution is -0.133. The van der Waals surface area contributed by atoms with Gasteiger partial charge in [0.15, 0.2) is 0 Å². The Morgan fingerprint density at radius 3 is 2.34 bits per heavy atom. The van der Waals surface area contributed by atoms with Crippen LogP contribution in [0.1, 0.15) is 63.7 Å². The molecule has 0 bridgehead atoms. The van der Waals surface area contributed by atoms with Crippen LogP contribution in [0, 0.1) is 11.3 Å². The van der Waals surface area contributed by atoms with Gasteiger partial charge in [-0.15, -0.1) is 11.8 Å². The third kappa shape index (κ3) is 5.57. The number of benzene rings is 1. The van der Waals surface area contributed by atoms with Crippen molar-refractivity contribution in [1.29, 1.82) is 0 Å². The van der Waals surface area contributed by atoms with Crippen molar-refractivity contribution in [2.24, 2.45) is 11.3 Å². The zero-order valence-corrected chi connectivity index (χ0v) is 20.4. The molecule has 160 valence electrons. The standard InChI is InChI=1S/C23H33BrN2O2S/c1-17(16-22(2,3)4)15-20(27)25-11-9-23(10-12-25)26(13-14-29-23)21(28)18-5-7-19(24)8-6-18/h5-8,17H,9-16H2,1-4H3. The highest BCUT2D eigenvalue weighted by atomic mass is 79.9. The van der Waals surface area contributed by atoms with Crippen molar-refractivity contribution in [3.63, 3.8) is 0 Å². The molecule has 0 saturated carbocycles. The average molecular weight is 482 g/mol. The summed E-state index contributed by atoms with van der Waals surface area (Å²) in [7, 11) is 0. The summed E-state index contributed by atoms with van der Waals surface area (Å²) >= 11 is 5.33. The molecule has 4 nitrogen and oxygen atoms in total. The third-order valence-electron chi connectivity index (χ3n) is 5.90. The highest BCUT2D eigenvalue weighted by molar-refractivity contribution is 9.10. The molecular weight excluding hydrogens is 448 g/mol. The molecule has 1 aromatic carbocycles. The summed E-state index contributed by atoms with van der Waals surface area (Å²) in [6, 6.07) is 7.61. The van der Waals surface area contributed by atoms with Crippen LogP contribution >= 0.6 is 27.7 Å². The van der Waals surface area contributed by atoms with Gasteiger partial charge in [-0.2, -0.15) is 0 Å². The number of hydrogen-bond donors (Lipinski definition) is 0. The average Bonchev–Trinajstić information content (AvgIpc) is 3.03.